The second kappa shape index (κ2) is 10.1. The molecule has 180 valence electrons. The van der Waals surface area contributed by atoms with Gasteiger partial charge in [-0.15, -0.1) is 0 Å². The molecule has 0 saturated carbocycles. The Morgan fingerprint density at radius 2 is 1.80 bits per heavy atom. The first-order valence-corrected chi connectivity index (χ1v) is 11.0. The van der Waals surface area contributed by atoms with E-state index >= 15 is 0 Å². The van der Waals surface area contributed by atoms with E-state index in [0.29, 0.717) is 17.1 Å². The van der Waals surface area contributed by atoms with Crippen LogP contribution in [0.2, 0.25) is 5.02 Å². The molecular formula is C26H23ClN2O6. The molecule has 8 nitrogen and oxygen atoms in total. The summed E-state index contributed by atoms with van der Waals surface area (Å²) in [5.41, 5.74) is 1.39. The first kappa shape index (κ1) is 24.1. The van der Waals surface area contributed by atoms with Gasteiger partial charge >= 0.3 is 0 Å². The van der Waals surface area contributed by atoms with Gasteiger partial charge in [0.1, 0.15) is 23.0 Å². The van der Waals surface area contributed by atoms with Crippen molar-refractivity contribution >= 4 is 29.1 Å². The van der Waals surface area contributed by atoms with Gasteiger partial charge < -0.3 is 24.2 Å². The molecule has 1 aliphatic rings. The Kier molecular flexibility index (Phi) is 6.93. The molecule has 4 rings (SSSR count). The number of likely N-dealkylation sites (tertiary alicyclic amines) is 1. The van der Waals surface area contributed by atoms with Gasteiger partial charge in [-0.2, -0.15) is 0 Å². The van der Waals surface area contributed by atoms with Gasteiger partial charge in [0.05, 0.1) is 43.5 Å². The van der Waals surface area contributed by atoms with Gasteiger partial charge in [-0.25, -0.2) is 0 Å². The minimum atomic E-state index is -0.893. The van der Waals surface area contributed by atoms with E-state index in [2.05, 4.69) is 4.98 Å². The number of rotatable bonds is 7. The predicted molar refractivity (Wildman–Crippen MR) is 130 cm³/mol. The van der Waals surface area contributed by atoms with Crippen LogP contribution in [-0.4, -0.2) is 48.0 Å². The highest BCUT2D eigenvalue weighted by Crippen LogP contribution is 2.44. The van der Waals surface area contributed by atoms with Crippen LogP contribution in [0.1, 0.15) is 22.7 Å². The Morgan fingerprint density at radius 3 is 2.46 bits per heavy atom. The maximum absolute atomic E-state index is 13.3. The van der Waals surface area contributed by atoms with Crippen molar-refractivity contribution in [2.24, 2.45) is 0 Å². The monoisotopic (exact) mass is 494 g/mol. The van der Waals surface area contributed by atoms with Crippen molar-refractivity contribution in [3.05, 3.63) is 88.2 Å². The van der Waals surface area contributed by atoms with Gasteiger partial charge in [0, 0.05) is 25.0 Å². The van der Waals surface area contributed by atoms with E-state index in [0.717, 1.165) is 5.56 Å². The van der Waals surface area contributed by atoms with E-state index in [-0.39, 0.29) is 28.5 Å². The third kappa shape index (κ3) is 4.52. The van der Waals surface area contributed by atoms with Crippen LogP contribution in [0.5, 0.6) is 17.2 Å². The number of Topliss-reactive ketones (excluding diaryl/α,β-unsaturated/α-hetero) is 1. The number of halogens is 1. The molecule has 1 unspecified atom stereocenters. The average Bonchev–Trinajstić information content (AvgIpc) is 3.13. The molecule has 9 heteroatoms. The minimum Gasteiger partial charge on any atom is -0.507 e. The van der Waals surface area contributed by atoms with Crippen molar-refractivity contribution in [3.63, 3.8) is 0 Å². The number of nitrogens with zero attached hydrogens (tertiary/aromatic N) is 2. The first-order chi connectivity index (χ1) is 16.9. The fraction of sp³-hybridized carbons (Fsp3) is 0.192. The Bertz CT molecular complexity index is 1310. The summed E-state index contributed by atoms with van der Waals surface area (Å²) >= 11 is 6.30. The van der Waals surface area contributed by atoms with Crippen LogP contribution in [0.4, 0.5) is 0 Å². The topological polar surface area (TPSA) is 98.2 Å². The maximum atomic E-state index is 13.3. The van der Waals surface area contributed by atoms with Crippen molar-refractivity contribution in [1.29, 1.82) is 0 Å². The number of amides is 1. The van der Waals surface area contributed by atoms with Gasteiger partial charge in [-0.05, 0) is 35.4 Å². The molecule has 1 aromatic heterocycles. The molecule has 1 fully saturated rings. The van der Waals surface area contributed by atoms with E-state index in [9.17, 15) is 14.7 Å². The number of benzene rings is 2. The van der Waals surface area contributed by atoms with Crippen LogP contribution < -0.4 is 14.2 Å². The van der Waals surface area contributed by atoms with Crippen LogP contribution in [-0.2, 0) is 16.1 Å². The zero-order chi connectivity index (χ0) is 25.1. The Morgan fingerprint density at radius 1 is 1.03 bits per heavy atom. The summed E-state index contributed by atoms with van der Waals surface area (Å²) in [5, 5.41) is 11.6. The average molecular weight is 495 g/mol. The number of aromatic nitrogens is 1. The molecule has 0 aliphatic carbocycles. The highest BCUT2D eigenvalue weighted by atomic mass is 35.5. The Hall–Kier alpha value is -4.04. The lowest BCUT2D eigenvalue weighted by Crippen LogP contribution is -2.29. The lowest BCUT2D eigenvalue weighted by molar-refractivity contribution is -0.140. The third-order valence-corrected chi connectivity index (χ3v) is 6.05. The lowest BCUT2D eigenvalue weighted by atomic mass is 9.94. The highest BCUT2D eigenvalue weighted by Gasteiger charge is 2.46. The molecule has 2 heterocycles. The second-order valence-electron chi connectivity index (χ2n) is 7.75. The van der Waals surface area contributed by atoms with E-state index < -0.39 is 23.5 Å². The highest BCUT2D eigenvalue weighted by molar-refractivity contribution is 6.46. The number of methoxy groups -OCH3 is 3. The lowest BCUT2D eigenvalue weighted by Gasteiger charge is -2.25. The standard InChI is InChI=1S/C26H23ClN2O6/c1-33-17-8-4-7-16(10-17)23-22(24(30)18-11-19(27)21(35-3)12-20(18)34-2)25(31)26(32)29(23)14-15-6-5-9-28-13-15/h4-13,23,30H,14H2,1-3H3/b24-22+. The summed E-state index contributed by atoms with van der Waals surface area (Å²) in [6.45, 7) is 0.109. The van der Waals surface area contributed by atoms with Crippen LogP contribution in [0.25, 0.3) is 5.76 Å². The molecule has 0 spiro atoms. The number of carbonyl (C=O) groups is 2. The van der Waals surface area contributed by atoms with E-state index in [1.807, 2.05) is 0 Å². The normalized spacial score (nSPS) is 16.9. The summed E-state index contributed by atoms with van der Waals surface area (Å²) < 4.78 is 16.0. The third-order valence-electron chi connectivity index (χ3n) is 5.75. The molecule has 0 bridgehead atoms. The van der Waals surface area contributed by atoms with Gasteiger partial charge in [0.15, 0.2) is 0 Å². The zero-order valence-corrected chi connectivity index (χ0v) is 20.1. The summed E-state index contributed by atoms with van der Waals surface area (Å²) in [5.74, 6) is -0.881. The number of pyridine rings is 1. The second-order valence-corrected chi connectivity index (χ2v) is 8.16. The minimum absolute atomic E-state index is 0.0910. The van der Waals surface area contributed by atoms with Crippen molar-refractivity contribution < 1.29 is 28.9 Å². The number of hydrogen-bond acceptors (Lipinski definition) is 7. The van der Waals surface area contributed by atoms with E-state index in [1.165, 1.54) is 38.4 Å². The van der Waals surface area contributed by atoms with Gasteiger partial charge in [-0.3, -0.25) is 14.6 Å². The number of carbonyl (C=O) groups excluding carboxylic acids is 2. The molecule has 35 heavy (non-hydrogen) atoms. The number of aliphatic hydroxyl groups excluding tert-OH is 1. The van der Waals surface area contributed by atoms with Crippen LogP contribution in [0, 0.1) is 0 Å². The zero-order valence-electron chi connectivity index (χ0n) is 19.3. The fourth-order valence-corrected chi connectivity index (χ4v) is 4.32. The first-order valence-electron chi connectivity index (χ1n) is 10.6. The molecule has 1 atom stereocenters. The van der Waals surface area contributed by atoms with Gasteiger partial charge in [0.25, 0.3) is 11.7 Å². The van der Waals surface area contributed by atoms with Crippen molar-refractivity contribution in [1.82, 2.24) is 9.88 Å². The molecule has 2 aromatic carbocycles. The molecule has 1 N–H and O–H groups in total. The SMILES string of the molecule is COc1cccc(C2/C(=C(\O)c3cc(Cl)c(OC)cc3OC)C(=O)C(=O)N2Cc2cccnc2)c1. The van der Waals surface area contributed by atoms with E-state index in [1.54, 1.807) is 48.8 Å². The summed E-state index contributed by atoms with van der Waals surface area (Å²) in [7, 11) is 4.39. The molecule has 1 amide bonds. The van der Waals surface area contributed by atoms with Crippen LogP contribution >= 0.6 is 11.6 Å². The number of aliphatic hydroxyl groups is 1. The molecule has 1 aliphatic heterocycles. The summed E-state index contributed by atoms with van der Waals surface area (Å²) in [6.07, 6.45) is 3.24. The summed E-state index contributed by atoms with van der Waals surface area (Å²) in [6, 6.07) is 12.6. The van der Waals surface area contributed by atoms with Gasteiger partial charge in [-0.1, -0.05) is 29.8 Å². The quantitative estimate of drug-likeness (QED) is 0.295. The predicted octanol–water partition coefficient (Wildman–Crippen LogP) is 4.38. The van der Waals surface area contributed by atoms with Crippen molar-refractivity contribution in [2.45, 2.75) is 12.6 Å². The smallest absolute Gasteiger partial charge is 0.295 e. The maximum Gasteiger partial charge on any atom is 0.295 e. The Labute approximate surface area is 207 Å². The molecule has 1 saturated heterocycles. The van der Waals surface area contributed by atoms with E-state index in [4.69, 9.17) is 25.8 Å². The van der Waals surface area contributed by atoms with Crippen LogP contribution in [0.15, 0.2) is 66.5 Å². The molecule has 3 aromatic rings. The van der Waals surface area contributed by atoms with Crippen molar-refractivity contribution in [2.75, 3.05) is 21.3 Å². The molecule has 0 radical (unpaired) electrons. The number of ether oxygens (including phenoxy) is 3. The summed E-state index contributed by atoms with van der Waals surface area (Å²) in [4.78, 5) is 32.0. The van der Waals surface area contributed by atoms with Crippen LogP contribution in [0.3, 0.4) is 0 Å². The van der Waals surface area contributed by atoms with Gasteiger partial charge in [0.2, 0.25) is 0 Å². The Balaban J connectivity index is 1.93. The van der Waals surface area contributed by atoms with Crippen molar-refractivity contribution in [3.8, 4) is 17.2 Å². The molecular weight excluding hydrogens is 472 g/mol. The number of ketones is 1. The number of hydrogen-bond donors (Lipinski definition) is 1. The largest absolute Gasteiger partial charge is 0.507 e. The fourth-order valence-electron chi connectivity index (χ4n) is 4.08.